The Bertz CT molecular complexity index is 673. The van der Waals surface area contributed by atoms with Crippen LogP contribution < -0.4 is 5.32 Å². The van der Waals surface area contributed by atoms with Crippen LogP contribution in [0.15, 0.2) is 51.8 Å². The minimum atomic E-state index is -1.09. The summed E-state index contributed by atoms with van der Waals surface area (Å²) in [6, 6.07) is 10.7. The van der Waals surface area contributed by atoms with Crippen LogP contribution in [0.3, 0.4) is 0 Å². The van der Waals surface area contributed by atoms with Crippen molar-refractivity contribution in [2.24, 2.45) is 0 Å². The molecule has 0 aliphatic heterocycles. The lowest BCUT2D eigenvalue weighted by Gasteiger charge is -2.07. The van der Waals surface area contributed by atoms with Gasteiger partial charge in [0.1, 0.15) is 5.82 Å². The molecule has 0 heterocycles. The van der Waals surface area contributed by atoms with E-state index in [0.29, 0.717) is 14.9 Å². The Morgan fingerprint density at radius 1 is 1.20 bits per heavy atom. The van der Waals surface area contributed by atoms with Gasteiger partial charge in [0.05, 0.1) is 5.69 Å². The van der Waals surface area contributed by atoms with Crippen molar-refractivity contribution in [3.63, 3.8) is 0 Å². The molecule has 2 rings (SSSR count). The number of nitrogens with one attached hydrogen (secondary N) is 1. The number of carbonyl (C=O) groups is 1. The first-order chi connectivity index (χ1) is 9.47. The summed E-state index contributed by atoms with van der Waals surface area (Å²) in [6.07, 6.45) is 1.56. The molecule has 2 aromatic carbocycles. The summed E-state index contributed by atoms with van der Waals surface area (Å²) in [5.74, 6) is -0.932. The minimum Gasteiger partial charge on any atom is -0.319 e. The summed E-state index contributed by atoms with van der Waals surface area (Å²) in [7, 11) is -1.09. The second kappa shape index (κ2) is 6.28. The van der Waals surface area contributed by atoms with Gasteiger partial charge in [-0.2, -0.15) is 0 Å². The highest BCUT2D eigenvalue weighted by Crippen LogP contribution is 2.20. The maximum Gasteiger partial charge on any atom is 0.255 e. The standard InChI is InChI=1S/C14H11BrFNO2S/c1-20(19)11-5-2-9(3-6-11)14(18)17-13-7-4-10(15)8-12(13)16/h2-8H,1H3,(H,17,18). The second-order valence-electron chi connectivity index (χ2n) is 4.06. The first kappa shape index (κ1) is 14.9. The van der Waals surface area contributed by atoms with Crippen molar-refractivity contribution < 1.29 is 13.4 Å². The van der Waals surface area contributed by atoms with Crippen molar-refractivity contribution in [1.82, 2.24) is 0 Å². The lowest BCUT2D eigenvalue weighted by molar-refractivity contribution is 0.102. The lowest BCUT2D eigenvalue weighted by Crippen LogP contribution is -2.13. The molecule has 1 amide bonds. The third-order valence-corrected chi connectivity index (χ3v) is 4.06. The second-order valence-corrected chi connectivity index (χ2v) is 6.35. The number of amides is 1. The normalized spacial score (nSPS) is 11.9. The molecule has 104 valence electrons. The lowest BCUT2D eigenvalue weighted by atomic mass is 10.2. The molecule has 1 atom stereocenters. The fraction of sp³-hybridized carbons (Fsp3) is 0.0714. The number of anilines is 1. The Hall–Kier alpha value is -1.53. The first-order valence-corrected chi connectivity index (χ1v) is 8.02. The molecule has 0 aromatic heterocycles. The zero-order valence-corrected chi connectivity index (χ0v) is 12.9. The third kappa shape index (κ3) is 3.52. The van der Waals surface area contributed by atoms with Gasteiger partial charge in [0, 0.05) is 32.0 Å². The fourth-order valence-electron chi connectivity index (χ4n) is 1.58. The van der Waals surface area contributed by atoms with E-state index in [4.69, 9.17) is 0 Å². The van der Waals surface area contributed by atoms with E-state index in [-0.39, 0.29) is 5.69 Å². The number of rotatable bonds is 3. The zero-order chi connectivity index (χ0) is 14.7. The van der Waals surface area contributed by atoms with Crippen molar-refractivity contribution in [2.75, 3.05) is 11.6 Å². The van der Waals surface area contributed by atoms with E-state index in [1.807, 2.05) is 0 Å². The number of halogens is 2. The topological polar surface area (TPSA) is 46.2 Å². The van der Waals surface area contributed by atoms with Gasteiger partial charge in [-0.1, -0.05) is 15.9 Å². The van der Waals surface area contributed by atoms with Gasteiger partial charge in [-0.05, 0) is 42.5 Å². The van der Waals surface area contributed by atoms with E-state index < -0.39 is 22.5 Å². The molecule has 2 aromatic rings. The van der Waals surface area contributed by atoms with E-state index in [1.54, 1.807) is 36.6 Å². The Morgan fingerprint density at radius 3 is 2.40 bits per heavy atom. The number of hydrogen-bond acceptors (Lipinski definition) is 2. The summed E-state index contributed by atoms with van der Waals surface area (Å²) < 4.78 is 25.5. The highest BCUT2D eigenvalue weighted by molar-refractivity contribution is 9.10. The molecule has 0 fully saturated rings. The molecule has 0 radical (unpaired) electrons. The van der Waals surface area contributed by atoms with E-state index >= 15 is 0 Å². The highest BCUT2D eigenvalue weighted by Gasteiger charge is 2.10. The van der Waals surface area contributed by atoms with Crippen LogP contribution in [-0.4, -0.2) is 16.4 Å². The zero-order valence-electron chi connectivity index (χ0n) is 10.5. The summed E-state index contributed by atoms with van der Waals surface area (Å²) in [6.45, 7) is 0. The molecule has 0 bridgehead atoms. The van der Waals surface area contributed by atoms with E-state index in [1.165, 1.54) is 12.1 Å². The van der Waals surface area contributed by atoms with Crippen LogP contribution in [0.4, 0.5) is 10.1 Å². The predicted molar refractivity (Wildman–Crippen MR) is 80.8 cm³/mol. The first-order valence-electron chi connectivity index (χ1n) is 5.67. The highest BCUT2D eigenvalue weighted by atomic mass is 79.9. The SMILES string of the molecule is CS(=O)c1ccc(C(=O)Nc2ccc(Br)cc2F)cc1. The maximum atomic E-state index is 13.6. The predicted octanol–water partition coefficient (Wildman–Crippen LogP) is 3.58. The monoisotopic (exact) mass is 355 g/mol. The molecule has 0 aliphatic rings. The molecule has 0 saturated carbocycles. The molecular formula is C14H11BrFNO2S. The van der Waals surface area contributed by atoms with Crippen LogP contribution in [-0.2, 0) is 10.8 Å². The molecule has 1 N–H and O–H groups in total. The third-order valence-electron chi connectivity index (χ3n) is 2.63. The maximum absolute atomic E-state index is 13.6. The van der Waals surface area contributed by atoms with E-state index in [9.17, 15) is 13.4 Å². The van der Waals surface area contributed by atoms with Gasteiger partial charge in [0.15, 0.2) is 0 Å². The molecule has 0 spiro atoms. The van der Waals surface area contributed by atoms with Crippen molar-refractivity contribution in [2.45, 2.75) is 4.90 Å². The van der Waals surface area contributed by atoms with Crippen molar-refractivity contribution >= 4 is 38.3 Å². The molecule has 6 heteroatoms. The van der Waals surface area contributed by atoms with Gasteiger partial charge in [0.25, 0.3) is 5.91 Å². The van der Waals surface area contributed by atoms with Gasteiger partial charge in [-0.15, -0.1) is 0 Å². The summed E-state index contributed by atoms with van der Waals surface area (Å²) in [5, 5.41) is 2.49. The molecular weight excluding hydrogens is 345 g/mol. The number of benzene rings is 2. The van der Waals surface area contributed by atoms with Gasteiger partial charge in [0.2, 0.25) is 0 Å². The van der Waals surface area contributed by atoms with Crippen LogP contribution in [0.2, 0.25) is 0 Å². The minimum absolute atomic E-state index is 0.112. The Kier molecular flexibility index (Phi) is 4.67. The molecule has 0 saturated heterocycles. The Morgan fingerprint density at radius 2 is 1.85 bits per heavy atom. The number of hydrogen-bond donors (Lipinski definition) is 1. The fourth-order valence-corrected chi connectivity index (χ4v) is 2.44. The Labute approximate surface area is 126 Å². The summed E-state index contributed by atoms with van der Waals surface area (Å²) >= 11 is 3.15. The smallest absolute Gasteiger partial charge is 0.255 e. The van der Waals surface area contributed by atoms with Gasteiger partial charge in [-0.3, -0.25) is 9.00 Å². The van der Waals surface area contributed by atoms with Crippen molar-refractivity contribution in [3.8, 4) is 0 Å². The van der Waals surface area contributed by atoms with Crippen LogP contribution >= 0.6 is 15.9 Å². The van der Waals surface area contributed by atoms with Crippen molar-refractivity contribution in [1.29, 1.82) is 0 Å². The van der Waals surface area contributed by atoms with E-state index in [2.05, 4.69) is 21.2 Å². The molecule has 0 aliphatic carbocycles. The summed E-state index contributed by atoms with van der Waals surface area (Å²) in [4.78, 5) is 12.6. The van der Waals surface area contributed by atoms with E-state index in [0.717, 1.165) is 0 Å². The van der Waals surface area contributed by atoms with Gasteiger partial charge in [-0.25, -0.2) is 4.39 Å². The molecule has 20 heavy (non-hydrogen) atoms. The van der Waals surface area contributed by atoms with Crippen LogP contribution in [0.1, 0.15) is 10.4 Å². The average Bonchev–Trinajstić information content (AvgIpc) is 2.42. The number of carbonyl (C=O) groups excluding carboxylic acids is 1. The average molecular weight is 356 g/mol. The van der Waals surface area contributed by atoms with Crippen LogP contribution in [0.25, 0.3) is 0 Å². The van der Waals surface area contributed by atoms with Crippen LogP contribution in [0, 0.1) is 5.82 Å². The molecule has 1 unspecified atom stereocenters. The quantitative estimate of drug-likeness (QED) is 0.914. The largest absolute Gasteiger partial charge is 0.319 e. The van der Waals surface area contributed by atoms with Gasteiger partial charge < -0.3 is 5.32 Å². The van der Waals surface area contributed by atoms with Crippen molar-refractivity contribution in [3.05, 3.63) is 58.3 Å². The summed E-state index contributed by atoms with van der Waals surface area (Å²) in [5.41, 5.74) is 0.489. The molecule has 3 nitrogen and oxygen atoms in total. The Balaban J connectivity index is 2.17. The van der Waals surface area contributed by atoms with Crippen LogP contribution in [0.5, 0.6) is 0 Å². The van der Waals surface area contributed by atoms with Gasteiger partial charge >= 0.3 is 0 Å².